The van der Waals surface area contributed by atoms with E-state index in [1.54, 1.807) is 23.4 Å². The molecular weight excluding hydrogens is 290 g/mol. The lowest BCUT2D eigenvalue weighted by Crippen LogP contribution is -2.21. The number of aryl methyl sites for hydroxylation is 1. The standard InChI is InChI=1S/C17H21N5O/c1-3-18-17-19-14(2)20-22(17)11-12-23-16-9-10-21(13-16)15-7-5-4-6-8-15/h3-8,11-12,16H,9-10,13H2,1-2H3/b12-11+,18-3+/t16-/m1/s1. The summed E-state index contributed by atoms with van der Waals surface area (Å²) < 4.78 is 7.46. The number of hydrogen-bond acceptors (Lipinski definition) is 5. The number of benzene rings is 1. The smallest absolute Gasteiger partial charge is 0.252 e. The highest BCUT2D eigenvalue weighted by atomic mass is 16.5. The van der Waals surface area contributed by atoms with Crippen LogP contribution in [0.4, 0.5) is 11.6 Å². The molecule has 0 aliphatic carbocycles. The van der Waals surface area contributed by atoms with E-state index in [1.165, 1.54) is 5.69 Å². The van der Waals surface area contributed by atoms with Crippen LogP contribution in [-0.4, -0.2) is 40.2 Å². The highest BCUT2D eigenvalue weighted by Gasteiger charge is 2.22. The number of nitrogens with zero attached hydrogens (tertiary/aromatic N) is 5. The lowest BCUT2D eigenvalue weighted by Gasteiger charge is -2.18. The summed E-state index contributed by atoms with van der Waals surface area (Å²) in [6.07, 6.45) is 6.34. The molecule has 1 aromatic carbocycles. The Balaban J connectivity index is 1.57. The number of aromatic nitrogens is 3. The molecule has 0 amide bonds. The van der Waals surface area contributed by atoms with Crippen LogP contribution in [0.5, 0.6) is 0 Å². The number of aliphatic imine (C=N–C) groups is 1. The van der Waals surface area contributed by atoms with Gasteiger partial charge in [-0.2, -0.15) is 10.1 Å². The van der Waals surface area contributed by atoms with Gasteiger partial charge in [0.05, 0.1) is 12.7 Å². The number of para-hydroxylation sites is 1. The van der Waals surface area contributed by atoms with Crippen molar-refractivity contribution in [3.8, 4) is 0 Å². The van der Waals surface area contributed by atoms with Crippen LogP contribution in [-0.2, 0) is 4.74 Å². The van der Waals surface area contributed by atoms with E-state index in [0.29, 0.717) is 11.8 Å². The van der Waals surface area contributed by atoms with Gasteiger partial charge in [0.25, 0.3) is 5.95 Å². The average molecular weight is 311 g/mol. The van der Waals surface area contributed by atoms with Crippen molar-refractivity contribution in [1.82, 2.24) is 14.8 Å². The highest BCUT2D eigenvalue weighted by Crippen LogP contribution is 2.21. The van der Waals surface area contributed by atoms with Crippen molar-refractivity contribution in [3.63, 3.8) is 0 Å². The third-order valence-corrected chi connectivity index (χ3v) is 3.70. The van der Waals surface area contributed by atoms with Crippen molar-refractivity contribution in [1.29, 1.82) is 0 Å². The average Bonchev–Trinajstić information content (AvgIpc) is 3.16. The van der Waals surface area contributed by atoms with E-state index >= 15 is 0 Å². The quantitative estimate of drug-likeness (QED) is 0.629. The molecule has 0 N–H and O–H groups in total. The summed E-state index contributed by atoms with van der Waals surface area (Å²) in [6.45, 7) is 5.60. The fourth-order valence-electron chi connectivity index (χ4n) is 2.64. The third kappa shape index (κ3) is 3.77. The first-order valence-electron chi connectivity index (χ1n) is 7.80. The minimum Gasteiger partial charge on any atom is -0.495 e. The first-order valence-corrected chi connectivity index (χ1v) is 7.80. The zero-order valence-electron chi connectivity index (χ0n) is 13.5. The molecule has 6 nitrogen and oxygen atoms in total. The van der Waals surface area contributed by atoms with Crippen molar-refractivity contribution >= 4 is 24.1 Å². The molecule has 1 aliphatic rings. The summed E-state index contributed by atoms with van der Waals surface area (Å²) in [4.78, 5) is 10.8. The van der Waals surface area contributed by atoms with E-state index in [4.69, 9.17) is 4.74 Å². The van der Waals surface area contributed by atoms with E-state index in [2.05, 4.69) is 44.2 Å². The molecule has 1 aliphatic heterocycles. The summed E-state index contributed by atoms with van der Waals surface area (Å²) in [5, 5.41) is 4.27. The molecule has 1 fully saturated rings. The van der Waals surface area contributed by atoms with E-state index in [-0.39, 0.29) is 6.10 Å². The van der Waals surface area contributed by atoms with Crippen LogP contribution in [0, 0.1) is 6.92 Å². The first-order chi connectivity index (χ1) is 11.3. The summed E-state index contributed by atoms with van der Waals surface area (Å²) in [6, 6.07) is 10.4. The molecular formula is C17H21N5O. The van der Waals surface area contributed by atoms with Crippen LogP contribution in [0.2, 0.25) is 0 Å². The molecule has 0 spiro atoms. The van der Waals surface area contributed by atoms with E-state index < -0.39 is 0 Å². The Labute approximate surface area is 136 Å². The zero-order valence-corrected chi connectivity index (χ0v) is 13.5. The Morgan fingerprint density at radius 2 is 2.13 bits per heavy atom. The topological polar surface area (TPSA) is 55.5 Å². The Morgan fingerprint density at radius 1 is 1.30 bits per heavy atom. The number of anilines is 1. The second-order valence-electron chi connectivity index (χ2n) is 5.40. The molecule has 0 bridgehead atoms. The molecule has 2 heterocycles. The van der Waals surface area contributed by atoms with E-state index in [0.717, 1.165) is 19.5 Å². The highest BCUT2D eigenvalue weighted by molar-refractivity contribution is 5.58. The molecule has 2 aromatic rings. The summed E-state index contributed by atoms with van der Waals surface area (Å²) in [7, 11) is 0. The minimum absolute atomic E-state index is 0.189. The third-order valence-electron chi connectivity index (χ3n) is 3.70. The van der Waals surface area contributed by atoms with Gasteiger partial charge in [-0.1, -0.05) is 18.2 Å². The molecule has 0 radical (unpaired) electrons. The van der Waals surface area contributed by atoms with E-state index in [9.17, 15) is 0 Å². The summed E-state index contributed by atoms with van der Waals surface area (Å²) in [5.41, 5.74) is 1.24. The Hall–Kier alpha value is -2.63. The van der Waals surface area contributed by atoms with Gasteiger partial charge >= 0.3 is 0 Å². The van der Waals surface area contributed by atoms with Crippen LogP contribution in [0.1, 0.15) is 19.2 Å². The van der Waals surface area contributed by atoms with Crippen LogP contribution >= 0.6 is 0 Å². The largest absolute Gasteiger partial charge is 0.495 e. The normalized spacial score (nSPS) is 18.3. The molecule has 23 heavy (non-hydrogen) atoms. The van der Waals surface area contributed by atoms with Gasteiger partial charge in [-0.05, 0) is 26.0 Å². The van der Waals surface area contributed by atoms with Crippen molar-refractivity contribution in [2.24, 2.45) is 4.99 Å². The Bertz CT molecular complexity index is 692. The maximum atomic E-state index is 5.84. The molecule has 0 saturated carbocycles. The van der Waals surface area contributed by atoms with Gasteiger partial charge < -0.3 is 9.64 Å². The van der Waals surface area contributed by atoms with Crippen molar-refractivity contribution in [2.45, 2.75) is 26.4 Å². The zero-order chi connectivity index (χ0) is 16.1. The number of rotatable bonds is 5. The van der Waals surface area contributed by atoms with E-state index in [1.807, 2.05) is 19.9 Å². The molecule has 120 valence electrons. The Kier molecular flexibility index (Phi) is 4.71. The van der Waals surface area contributed by atoms with Crippen LogP contribution in [0.3, 0.4) is 0 Å². The second-order valence-corrected chi connectivity index (χ2v) is 5.40. The number of hydrogen-bond donors (Lipinski definition) is 0. The lowest BCUT2D eigenvalue weighted by molar-refractivity contribution is 0.165. The minimum atomic E-state index is 0.189. The predicted molar refractivity (Wildman–Crippen MR) is 92.1 cm³/mol. The molecule has 6 heteroatoms. The molecule has 3 rings (SSSR count). The molecule has 0 unspecified atom stereocenters. The molecule has 1 saturated heterocycles. The van der Waals surface area contributed by atoms with Crippen LogP contribution < -0.4 is 4.90 Å². The van der Waals surface area contributed by atoms with Gasteiger partial charge in [0.1, 0.15) is 18.2 Å². The monoisotopic (exact) mass is 311 g/mol. The fraction of sp³-hybridized carbons (Fsp3) is 0.353. The van der Waals surface area contributed by atoms with Gasteiger partial charge in [0, 0.05) is 24.9 Å². The number of ether oxygens (including phenoxy) is 1. The van der Waals surface area contributed by atoms with Crippen LogP contribution in [0.15, 0.2) is 41.6 Å². The van der Waals surface area contributed by atoms with Gasteiger partial charge in [-0.25, -0.2) is 9.67 Å². The fourth-order valence-corrected chi connectivity index (χ4v) is 2.64. The van der Waals surface area contributed by atoms with Crippen molar-refractivity contribution in [3.05, 3.63) is 42.4 Å². The van der Waals surface area contributed by atoms with Gasteiger partial charge in [0.15, 0.2) is 0 Å². The predicted octanol–water partition coefficient (Wildman–Crippen LogP) is 3.03. The molecule has 1 aromatic heterocycles. The maximum absolute atomic E-state index is 5.84. The van der Waals surface area contributed by atoms with Crippen LogP contribution in [0.25, 0.3) is 6.20 Å². The second kappa shape index (κ2) is 7.09. The molecule has 1 atom stereocenters. The SMILES string of the molecule is C/C=N/c1nc(C)nn1/C=C/O[C@@H]1CCN(c2ccccc2)C1. The lowest BCUT2D eigenvalue weighted by atomic mass is 10.3. The maximum Gasteiger partial charge on any atom is 0.252 e. The van der Waals surface area contributed by atoms with Crippen molar-refractivity contribution < 1.29 is 4.74 Å². The Morgan fingerprint density at radius 3 is 2.91 bits per heavy atom. The van der Waals surface area contributed by atoms with Crippen molar-refractivity contribution in [2.75, 3.05) is 18.0 Å². The summed E-state index contributed by atoms with van der Waals surface area (Å²) >= 11 is 0. The summed E-state index contributed by atoms with van der Waals surface area (Å²) in [5.74, 6) is 1.24. The van der Waals surface area contributed by atoms with Gasteiger partial charge in [-0.3, -0.25) is 0 Å². The first kappa shape index (κ1) is 15.3. The van der Waals surface area contributed by atoms with Gasteiger partial charge in [-0.15, -0.1) is 0 Å². The van der Waals surface area contributed by atoms with Gasteiger partial charge in [0.2, 0.25) is 0 Å².